The fourth-order valence-corrected chi connectivity index (χ4v) is 2.49. The number of esters is 1. The van der Waals surface area contributed by atoms with Gasteiger partial charge in [-0.1, -0.05) is 0 Å². The highest BCUT2D eigenvalue weighted by atomic mass is 32.1. The number of hydrogen-bond donors (Lipinski definition) is 0. The number of nitrogens with zero attached hydrogens (tertiary/aromatic N) is 2. The van der Waals surface area contributed by atoms with Gasteiger partial charge < -0.3 is 9.30 Å². The molecular formula is C12H14N2O2S. The Morgan fingerprint density at radius 3 is 2.82 bits per heavy atom. The summed E-state index contributed by atoms with van der Waals surface area (Å²) in [5.74, 6) is 0.456. The minimum absolute atomic E-state index is 0.205. The highest BCUT2D eigenvalue weighted by Crippen LogP contribution is 2.21. The average molecular weight is 250 g/mol. The number of carbonyl (C=O) groups excluding carboxylic acids is 1. The Morgan fingerprint density at radius 2 is 2.29 bits per heavy atom. The Labute approximate surface area is 104 Å². The summed E-state index contributed by atoms with van der Waals surface area (Å²) < 4.78 is 7.06. The zero-order chi connectivity index (χ0) is 12.4. The molecule has 0 aliphatic rings. The van der Waals surface area contributed by atoms with Crippen molar-refractivity contribution in [3.05, 3.63) is 39.6 Å². The molecule has 0 spiro atoms. The molecule has 5 heteroatoms. The molecule has 0 saturated carbocycles. The van der Waals surface area contributed by atoms with Gasteiger partial charge in [-0.15, -0.1) is 11.3 Å². The minimum atomic E-state index is -0.283. The van der Waals surface area contributed by atoms with Crippen molar-refractivity contribution >= 4 is 17.3 Å². The number of hydrogen-bond acceptors (Lipinski definition) is 4. The third kappa shape index (κ3) is 2.55. The summed E-state index contributed by atoms with van der Waals surface area (Å²) >= 11 is 1.60. The van der Waals surface area contributed by atoms with E-state index in [2.05, 4.69) is 4.98 Å². The number of carbonyl (C=O) groups is 1. The Kier molecular flexibility index (Phi) is 3.28. The monoisotopic (exact) mass is 250 g/mol. The van der Waals surface area contributed by atoms with E-state index in [1.54, 1.807) is 17.5 Å². The Bertz CT molecular complexity index is 542. The number of rotatable bonds is 3. The van der Waals surface area contributed by atoms with Gasteiger partial charge in [0.1, 0.15) is 12.4 Å². The fourth-order valence-electron chi connectivity index (χ4n) is 1.58. The molecule has 0 aromatic carbocycles. The highest BCUT2D eigenvalue weighted by molar-refractivity contribution is 7.12. The van der Waals surface area contributed by atoms with E-state index in [1.165, 1.54) is 0 Å². The van der Waals surface area contributed by atoms with E-state index >= 15 is 0 Å². The summed E-state index contributed by atoms with van der Waals surface area (Å²) in [4.78, 5) is 18.0. The van der Waals surface area contributed by atoms with Crippen LogP contribution in [0.3, 0.4) is 0 Å². The molecule has 0 radical (unpaired) electrons. The molecule has 0 amide bonds. The second kappa shape index (κ2) is 4.71. The Hall–Kier alpha value is -1.62. The number of aryl methyl sites for hydroxylation is 3. The van der Waals surface area contributed by atoms with Crippen molar-refractivity contribution < 1.29 is 9.53 Å². The molecule has 0 bridgehead atoms. The molecule has 0 atom stereocenters. The highest BCUT2D eigenvalue weighted by Gasteiger charge is 2.14. The fraction of sp³-hybridized carbons (Fsp3) is 0.333. The molecule has 0 fully saturated rings. The van der Waals surface area contributed by atoms with Crippen LogP contribution in [0.25, 0.3) is 0 Å². The van der Waals surface area contributed by atoms with Crippen LogP contribution in [-0.2, 0) is 18.4 Å². The maximum absolute atomic E-state index is 11.8. The van der Waals surface area contributed by atoms with E-state index in [0.717, 1.165) is 15.6 Å². The first-order valence-electron chi connectivity index (χ1n) is 5.28. The van der Waals surface area contributed by atoms with Crippen molar-refractivity contribution in [1.82, 2.24) is 9.55 Å². The third-order valence-corrected chi connectivity index (χ3v) is 3.48. The molecule has 90 valence electrons. The summed E-state index contributed by atoms with van der Waals surface area (Å²) in [7, 11) is 1.87. The van der Waals surface area contributed by atoms with E-state index in [4.69, 9.17) is 4.74 Å². The number of ether oxygens (including phenoxy) is 1. The molecular weight excluding hydrogens is 236 g/mol. The normalized spacial score (nSPS) is 10.5. The van der Waals surface area contributed by atoms with Crippen molar-refractivity contribution in [2.45, 2.75) is 20.5 Å². The lowest BCUT2D eigenvalue weighted by atomic mass is 10.2. The first-order chi connectivity index (χ1) is 8.08. The molecule has 17 heavy (non-hydrogen) atoms. The van der Waals surface area contributed by atoms with Crippen LogP contribution in [0.15, 0.2) is 18.5 Å². The van der Waals surface area contributed by atoms with Crippen LogP contribution in [0, 0.1) is 13.8 Å². The minimum Gasteiger partial charge on any atom is -0.454 e. The van der Waals surface area contributed by atoms with E-state index in [0.29, 0.717) is 5.56 Å². The summed E-state index contributed by atoms with van der Waals surface area (Å²) in [6.07, 6.45) is 3.51. The molecule has 0 unspecified atom stereocenters. The molecule has 2 rings (SSSR count). The van der Waals surface area contributed by atoms with E-state index in [9.17, 15) is 4.79 Å². The third-order valence-electron chi connectivity index (χ3n) is 2.51. The van der Waals surface area contributed by atoms with Crippen molar-refractivity contribution in [3.8, 4) is 0 Å². The van der Waals surface area contributed by atoms with Crippen molar-refractivity contribution in [2.75, 3.05) is 0 Å². The van der Waals surface area contributed by atoms with Crippen LogP contribution in [0.2, 0.25) is 0 Å². The number of imidazole rings is 1. The zero-order valence-electron chi connectivity index (χ0n) is 10.1. The van der Waals surface area contributed by atoms with Crippen LogP contribution in [0.1, 0.15) is 25.9 Å². The van der Waals surface area contributed by atoms with Crippen LogP contribution in [-0.4, -0.2) is 15.5 Å². The van der Waals surface area contributed by atoms with Gasteiger partial charge in [0.25, 0.3) is 0 Å². The van der Waals surface area contributed by atoms with Crippen LogP contribution < -0.4 is 0 Å². The van der Waals surface area contributed by atoms with Gasteiger partial charge in [-0.2, -0.15) is 0 Å². The lowest BCUT2D eigenvalue weighted by Gasteiger charge is -2.04. The summed E-state index contributed by atoms with van der Waals surface area (Å²) in [6, 6.07) is 1.86. The van der Waals surface area contributed by atoms with Crippen LogP contribution >= 0.6 is 11.3 Å². The van der Waals surface area contributed by atoms with E-state index < -0.39 is 0 Å². The molecule has 0 saturated heterocycles. The quantitative estimate of drug-likeness (QED) is 0.786. The molecule has 0 aliphatic carbocycles. The predicted octanol–water partition coefficient (Wildman–Crippen LogP) is 2.46. The van der Waals surface area contributed by atoms with Gasteiger partial charge in [0.05, 0.1) is 5.56 Å². The summed E-state index contributed by atoms with van der Waals surface area (Å²) in [5, 5.41) is 0. The average Bonchev–Trinajstić information content (AvgIpc) is 2.81. The Morgan fingerprint density at radius 1 is 1.53 bits per heavy atom. The van der Waals surface area contributed by atoms with Gasteiger partial charge in [0.15, 0.2) is 0 Å². The largest absolute Gasteiger partial charge is 0.454 e. The van der Waals surface area contributed by atoms with Gasteiger partial charge in [-0.25, -0.2) is 9.78 Å². The second-order valence-corrected chi connectivity index (χ2v) is 5.32. The van der Waals surface area contributed by atoms with Crippen molar-refractivity contribution in [3.63, 3.8) is 0 Å². The Balaban J connectivity index is 2.03. The van der Waals surface area contributed by atoms with Crippen molar-refractivity contribution in [1.29, 1.82) is 0 Å². The van der Waals surface area contributed by atoms with Gasteiger partial charge in [0.2, 0.25) is 0 Å². The second-order valence-electron chi connectivity index (χ2n) is 3.86. The van der Waals surface area contributed by atoms with Gasteiger partial charge in [-0.05, 0) is 19.9 Å². The summed E-state index contributed by atoms with van der Waals surface area (Å²) in [6.45, 7) is 4.11. The zero-order valence-corrected chi connectivity index (χ0v) is 10.9. The van der Waals surface area contributed by atoms with Crippen molar-refractivity contribution in [2.24, 2.45) is 7.05 Å². The van der Waals surface area contributed by atoms with E-state index in [-0.39, 0.29) is 12.6 Å². The standard InChI is InChI=1S/C12H14N2O2S/c1-8-6-10(9(2)17-8)12(15)16-7-11-13-4-5-14(11)3/h4-6H,7H2,1-3H3. The molecule has 2 aromatic rings. The first kappa shape index (κ1) is 11.9. The number of aromatic nitrogens is 2. The van der Waals surface area contributed by atoms with Crippen LogP contribution in [0.5, 0.6) is 0 Å². The molecule has 0 aliphatic heterocycles. The topological polar surface area (TPSA) is 44.1 Å². The lowest BCUT2D eigenvalue weighted by Crippen LogP contribution is -2.08. The van der Waals surface area contributed by atoms with Gasteiger partial charge in [0, 0.05) is 29.2 Å². The molecule has 2 heterocycles. The van der Waals surface area contributed by atoms with E-state index in [1.807, 2.05) is 37.7 Å². The number of thiophene rings is 1. The first-order valence-corrected chi connectivity index (χ1v) is 6.10. The summed E-state index contributed by atoms with van der Waals surface area (Å²) in [5.41, 5.74) is 0.654. The molecule has 4 nitrogen and oxygen atoms in total. The lowest BCUT2D eigenvalue weighted by molar-refractivity contribution is 0.0459. The van der Waals surface area contributed by atoms with Gasteiger partial charge >= 0.3 is 5.97 Å². The van der Waals surface area contributed by atoms with Gasteiger partial charge in [-0.3, -0.25) is 0 Å². The molecule has 2 aromatic heterocycles. The predicted molar refractivity (Wildman–Crippen MR) is 66.1 cm³/mol. The molecule has 0 N–H and O–H groups in total. The van der Waals surface area contributed by atoms with Crippen LogP contribution in [0.4, 0.5) is 0 Å². The smallest absolute Gasteiger partial charge is 0.339 e. The maximum atomic E-state index is 11.8. The SMILES string of the molecule is Cc1cc(C(=O)OCc2nccn2C)c(C)s1. The maximum Gasteiger partial charge on any atom is 0.339 e.